The van der Waals surface area contributed by atoms with Crippen LogP contribution in [0.1, 0.15) is 24.0 Å². The Labute approximate surface area is 149 Å². The van der Waals surface area contributed by atoms with Gasteiger partial charge in [0.25, 0.3) is 0 Å². The Kier molecular flexibility index (Phi) is 6.65. The van der Waals surface area contributed by atoms with Crippen LogP contribution in [0.25, 0.3) is 0 Å². The molecule has 3 rings (SSSR count). The first-order valence-corrected chi connectivity index (χ1v) is 8.82. The van der Waals surface area contributed by atoms with Gasteiger partial charge < -0.3 is 19.5 Å². The van der Waals surface area contributed by atoms with E-state index in [1.54, 1.807) is 19.5 Å². The first-order valence-electron chi connectivity index (χ1n) is 8.82. The number of aromatic nitrogens is 1. The lowest BCUT2D eigenvalue weighted by atomic mass is 10.0. The quantitative estimate of drug-likeness (QED) is 0.798. The fourth-order valence-electron chi connectivity index (χ4n) is 2.97. The number of methoxy groups -OCH3 is 1. The molecule has 0 saturated carbocycles. The lowest BCUT2D eigenvalue weighted by Gasteiger charge is -2.22. The molecule has 2 heterocycles. The summed E-state index contributed by atoms with van der Waals surface area (Å²) >= 11 is 0. The zero-order valence-corrected chi connectivity index (χ0v) is 14.7. The monoisotopic (exact) mass is 342 g/mol. The van der Waals surface area contributed by atoms with Gasteiger partial charge in [-0.15, -0.1) is 0 Å². The Balaban J connectivity index is 1.51. The number of nitrogens with zero attached hydrogens (tertiary/aromatic N) is 1. The topological polar surface area (TPSA) is 52.6 Å². The van der Waals surface area contributed by atoms with E-state index in [9.17, 15) is 0 Å². The molecule has 0 amide bonds. The molecule has 134 valence electrons. The number of nitrogens with one attached hydrogen (secondary N) is 1. The van der Waals surface area contributed by atoms with Crippen molar-refractivity contribution in [1.82, 2.24) is 10.3 Å². The summed E-state index contributed by atoms with van der Waals surface area (Å²) in [6.45, 7) is 4.09. The van der Waals surface area contributed by atoms with Crippen LogP contribution in [0.3, 0.4) is 0 Å². The molecule has 1 saturated heterocycles. The first-order chi connectivity index (χ1) is 12.3. The summed E-state index contributed by atoms with van der Waals surface area (Å²) in [5, 5.41) is 3.52. The Morgan fingerprint density at radius 1 is 1.16 bits per heavy atom. The van der Waals surface area contributed by atoms with Crippen molar-refractivity contribution in [3.63, 3.8) is 0 Å². The van der Waals surface area contributed by atoms with Crippen LogP contribution in [0.4, 0.5) is 0 Å². The minimum atomic E-state index is 0.498. The third kappa shape index (κ3) is 5.44. The molecule has 1 N–H and O–H groups in total. The maximum absolute atomic E-state index is 5.88. The van der Waals surface area contributed by atoms with E-state index >= 15 is 0 Å². The van der Waals surface area contributed by atoms with Gasteiger partial charge in [0.1, 0.15) is 6.61 Å². The number of ether oxygens (including phenoxy) is 3. The van der Waals surface area contributed by atoms with Gasteiger partial charge >= 0.3 is 0 Å². The highest BCUT2D eigenvalue weighted by atomic mass is 16.5. The highest BCUT2D eigenvalue weighted by molar-refractivity contribution is 5.43. The number of rotatable bonds is 8. The zero-order valence-electron chi connectivity index (χ0n) is 14.7. The summed E-state index contributed by atoms with van der Waals surface area (Å²) in [6, 6.07) is 9.97. The second-order valence-electron chi connectivity index (χ2n) is 6.34. The van der Waals surface area contributed by atoms with E-state index < -0.39 is 0 Å². The summed E-state index contributed by atoms with van der Waals surface area (Å²) in [5.74, 6) is 2.14. The number of pyridine rings is 1. The molecule has 1 aliphatic heterocycles. The Bertz CT molecular complexity index is 643. The third-order valence-corrected chi connectivity index (χ3v) is 4.39. The highest BCUT2D eigenvalue weighted by Gasteiger charge is 2.13. The van der Waals surface area contributed by atoms with Crippen LogP contribution in [-0.2, 0) is 17.9 Å². The smallest absolute Gasteiger partial charge is 0.161 e. The van der Waals surface area contributed by atoms with E-state index in [-0.39, 0.29) is 0 Å². The van der Waals surface area contributed by atoms with Gasteiger partial charge in [0, 0.05) is 32.1 Å². The van der Waals surface area contributed by atoms with Crippen molar-refractivity contribution >= 4 is 0 Å². The molecule has 5 heteroatoms. The molecule has 1 aromatic heterocycles. The minimum absolute atomic E-state index is 0.498. The summed E-state index contributed by atoms with van der Waals surface area (Å²) in [4.78, 5) is 4.01. The fraction of sp³-hybridized carbons (Fsp3) is 0.450. The molecule has 25 heavy (non-hydrogen) atoms. The maximum atomic E-state index is 5.88. The summed E-state index contributed by atoms with van der Waals surface area (Å²) in [6.07, 6.45) is 5.95. The SMILES string of the molecule is COc1cc(CNCC2CCCOC2)ccc1OCc1ccncc1. The second-order valence-corrected chi connectivity index (χ2v) is 6.34. The summed E-state index contributed by atoms with van der Waals surface area (Å²) < 4.78 is 16.9. The van der Waals surface area contributed by atoms with Gasteiger partial charge in [-0.3, -0.25) is 4.98 Å². The predicted octanol–water partition coefficient (Wildman–Crippen LogP) is 3.19. The molecule has 1 aromatic carbocycles. The molecule has 0 spiro atoms. The second kappa shape index (κ2) is 9.39. The van der Waals surface area contributed by atoms with E-state index in [0.29, 0.717) is 12.5 Å². The predicted molar refractivity (Wildman–Crippen MR) is 96.8 cm³/mol. The average molecular weight is 342 g/mol. The number of hydrogen-bond acceptors (Lipinski definition) is 5. The lowest BCUT2D eigenvalue weighted by molar-refractivity contribution is 0.0547. The van der Waals surface area contributed by atoms with Crippen LogP contribution in [0.5, 0.6) is 11.5 Å². The van der Waals surface area contributed by atoms with E-state index in [1.807, 2.05) is 24.3 Å². The minimum Gasteiger partial charge on any atom is -0.493 e. The standard InChI is InChI=1S/C20H26N2O3/c1-23-20-11-17(12-22-13-18-3-2-10-24-14-18)4-5-19(20)25-15-16-6-8-21-9-7-16/h4-9,11,18,22H,2-3,10,12-15H2,1H3. The molecular weight excluding hydrogens is 316 g/mol. The highest BCUT2D eigenvalue weighted by Crippen LogP contribution is 2.28. The number of benzene rings is 1. The van der Waals surface area contributed by atoms with Gasteiger partial charge in [0.05, 0.1) is 13.7 Å². The Hall–Kier alpha value is -2.11. The number of hydrogen-bond donors (Lipinski definition) is 1. The van der Waals surface area contributed by atoms with Crippen LogP contribution < -0.4 is 14.8 Å². The van der Waals surface area contributed by atoms with Crippen LogP contribution in [0, 0.1) is 5.92 Å². The van der Waals surface area contributed by atoms with Crippen LogP contribution in [0.15, 0.2) is 42.7 Å². The lowest BCUT2D eigenvalue weighted by Crippen LogP contribution is -2.28. The van der Waals surface area contributed by atoms with Crippen molar-refractivity contribution in [3.8, 4) is 11.5 Å². The third-order valence-electron chi connectivity index (χ3n) is 4.39. The van der Waals surface area contributed by atoms with Crippen molar-refractivity contribution in [2.24, 2.45) is 5.92 Å². The zero-order chi connectivity index (χ0) is 17.3. The van der Waals surface area contributed by atoms with Crippen molar-refractivity contribution in [1.29, 1.82) is 0 Å². The molecular formula is C20H26N2O3. The first kappa shape index (κ1) is 17.7. The Morgan fingerprint density at radius 3 is 2.80 bits per heavy atom. The molecule has 0 bridgehead atoms. The van der Waals surface area contributed by atoms with E-state index in [2.05, 4.69) is 16.4 Å². The van der Waals surface area contributed by atoms with Gasteiger partial charge in [-0.1, -0.05) is 6.07 Å². The molecule has 1 aliphatic rings. The van der Waals surface area contributed by atoms with Gasteiger partial charge in [0.15, 0.2) is 11.5 Å². The molecule has 1 fully saturated rings. The molecule has 5 nitrogen and oxygen atoms in total. The van der Waals surface area contributed by atoms with Crippen molar-refractivity contribution in [2.45, 2.75) is 26.0 Å². The van der Waals surface area contributed by atoms with Crippen molar-refractivity contribution in [2.75, 3.05) is 26.9 Å². The average Bonchev–Trinajstić information content (AvgIpc) is 2.68. The summed E-state index contributed by atoms with van der Waals surface area (Å²) in [5.41, 5.74) is 2.27. The van der Waals surface area contributed by atoms with E-state index in [4.69, 9.17) is 14.2 Å². The van der Waals surface area contributed by atoms with Crippen molar-refractivity contribution in [3.05, 3.63) is 53.9 Å². The van der Waals surface area contributed by atoms with Crippen LogP contribution in [0.2, 0.25) is 0 Å². The van der Waals surface area contributed by atoms with E-state index in [1.165, 1.54) is 18.4 Å². The normalized spacial score (nSPS) is 17.2. The molecule has 0 aliphatic carbocycles. The van der Waals surface area contributed by atoms with Crippen molar-refractivity contribution < 1.29 is 14.2 Å². The van der Waals surface area contributed by atoms with Gasteiger partial charge in [0.2, 0.25) is 0 Å². The largest absolute Gasteiger partial charge is 0.493 e. The Morgan fingerprint density at radius 2 is 2.04 bits per heavy atom. The molecule has 2 aromatic rings. The van der Waals surface area contributed by atoms with Crippen LogP contribution >= 0.6 is 0 Å². The fourth-order valence-corrected chi connectivity index (χ4v) is 2.97. The summed E-state index contributed by atoms with van der Waals surface area (Å²) in [7, 11) is 1.67. The molecule has 1 atom stereocenters. The van der Waals surface area contributed by atoms with Gasteiger partial charge in [-0.2, -0.15) is 0 Å². The van der Waals surface area contributed by atoms with Crippen LogP contribution in [-0.4, -0.2) is 31.9 Å². The van der Waals surface area contributed by atoms with Gasteiger partial charge in [-0.05, 0) is 54.2 Å². The molecule has 0 radical (unpaired) electrons. The molecule has 1 unspecified atom stereocenters. The maximum Gasteiger partial charge on any atom is 0.161 e. The van der Waals surface area contributed by atoms with Gasteiger partial charge in [-0.25, -0.2) is 0 Å². The van der Waals surface area contributed by atoms with E-state index in [0.717, 1.165) is 43.4 Å².